The molecule has 1 aromatic rings. The van der Waals surface area contributed by atoms with Crippen molar-refractivity contribution < 1.29 is 0 Å². The summed E-state index contributed by atoms with van der Waals surface area (Å²) in [6.45, 7) is 2.31. The van der Waals surface area contributed by atoms with Crippen molar-refractivity contribution >= 4 is 0 Å². The van der Waals surface area contributed by atoms with Gasteiger partial charge in [-0.2, -0.15) is 0 Å². The normalized spacial score (nSPS) is 26.6. The van der Waals surface area contributed by atoms with Gasteiger partial charge in [0, 0.05) is 30.4 Å². The Bertz CT molecular complexity index is 335. The number of aromatic nitrogens is 2. The predicted molar refractivity (Wildman–Crippen MR) is 64.5 cm³/mol. The molecule has 1 saturated heterocycles. The molecule has 3 heteroatoms. The molecule has 1 saturated carbocycles. The topological polar surface area (TPSA) is 29.9 Å². The van der Waals surface area contributed by atoms with E-state index >= 15 is 0 Å². The number of piperidine rings is 1. The van der Waals surface area contributed by atoms with Gasteiger partial charge in [-0.05, 0) is 32.2 Å². The van der Waals surface area contributed by atoms with Gasteiger partial charge in [-0.3, -0.25) is 0 Å². The zero-order valence-electron chi connectivity index (χ0n) is 9.86. The minimum atomic E-state index is 0.668. The molecule has 2 aliphatic rings. The van der Waals surface area contributed by atoms with Crippen LogP contribution < -0.4 is 5.32 Å². The van der Waals surface area contributed by atoms with Crippen LogP contribution in [0.3, 0.4) is 0 Å². The minimum absolute atomic E-state index is 0.668. The highest BCUT2D eigenvalue weighted by molar-refractivity contribution is 5.09. The molecule has 1 aliphatic heterocycles. The van der Waals surface area contributed by atoms with Crippen LogP contribution in [0.2, 0.25) is 0 Å². The molecule has 1 unspecified atom stereocenters. The summed E-state index contributed by atoms with van der Waals surface area (Å²) in [6.07, 6.45) is 12.3. The number of hydrogen-bond donors (Lipinski definition) is 1. The van der Waals surface area contributed by atoms with Crippen molar-refractivity contribution in [1.82, 2.24) is 14.9 Å². The number of rotatable bonds is 3. The summed E-state index contributed by atoms with van der Waals surface area (Å²) in [5.74, 6) is 0.797. The van der Waals surface area contributed by atoms with Gasteiger partial charge in [0.2, 0.25) is 0 Å². The molecule has 0 spiro atoms. The van der Waals surface area contributed by atoms with Crippen molar-refractivity contribution in [3.8, 4) is 0 Å². The lowest BCUT2D eigenvalue weighted by atomic mass is 9.83. The highest BCUT2D eigenvalue weighted by Crippen LogP contribution is 2.36. The summed E-state index contributed by atoms with van der Waals surface area (Å²) in [5.41, 5.74) is 1.47. The van der Waals surface area contributed by atoms with Gasteiger partial charge in [-0.25, -0.2) is 4.98 Å². The van der Waals surface area contributed by atoms with E-state index in [4.69, 9.17) is 0 Å². The second-order valence-electron chi connectivity index (χ2n) is 5.25. The van der Waals surface area contributed by atoms with E-state index in [9.17, 15) is 0 Å². The highest BCUT2D eigenvalue weighted by atomic mass is 15.1. The molecule has 88 valence electrons. The van der Waals surface area contributed by atoms with E-state index in [0.717, 1.165) is 12.5 Å². The van der Waals surface area contributed by atoms with Crippen LogP contribution in [0.1, 0.15) is 50.1 Å². The third-order valence-electron chi connectivity index (χ3n) is 4.10. The van der Waals surface area contributed by atoms with Gasteiger partial charge in [0.25, 0.3) is 0 Å². The van der Waals surface area contributed by atoms with Gasteiger partial charge in [-0.1, -0.05) is 12.8 Å². The first kappa shape index (κ1) is 10.3. The molecule has 3 rings (SSSR count). The van der Waals surface area contributed by atoms with Crippen molar-refractivity contribution in [2.45, 2.75) is 57.0 Å². The number of imidazole rings is 1. The molecule has 0 radical (unpaired) electrons. The standard InChI is InChI=1S/C13H21N3/c1-2-7-15-12(6-1)9-16-10-14-8-13(16)11-4-3-5-11/h8,10-12,15H,1-7,9H2. The second kappa shape index (κ2) is 4.58. The lowest BCUT2D eigenvalue weighted by Crippen LogP contribution is -2.37. The number of nitrogens with one attached hydrogen (secondary N) is 1. The van der Waals surface area contributed by atoms with Crippen LogP contribution in [0.4, 0.5) is 0 Å². The van der Waals surface area contributed by atoms with Gasteiger partial charge in [0.05, 0.1) is 6.33 Å². The van der Waals surface area contributed by atoms with Crippen LogP contribution in [0.5, 0.6) is 0 Å². The molecule has 1 atom stereocenters. The fourth-order valence-electron chi connectivity index (χ4n) is 2.84. The molecular formula is C13H21N3. The van der Waals surface area contributed by atoms with Crippen molar-refractivity contribution in [3.05, 3.63) is 18.2 Å². The summed E-state index contributed by atoms with van der Waals surface area (Å²) in [6, 6.07) is 0.668. The third kappa shape index (κ3) is 2.01. The molecule has 1 aliphatic carbocycles. The maximum atomic E-state index is 4.33. The molecule has 0 amide bonds. The van der Waals surface area contributed by atoms with Crippen molar-refractivity contribution in [2.75, 3.05) is 6.54 Å². The van der Waals surface area contributed by atoms with Crippen LogP contribution in [0.15, 0.2) is 12.5 Å². The molecule has 0 aromatic carbocycles. The SMILES string of the molecule is c1ncn(CC2CCCCN2)c1C1CCC1. The van der Waals surface area contributed by atoms with Gasteiger partial charge in [-0.15, -0.1) is 0 Å². The fraction of sp³-hybridized carbons (Fsp3) is 0.769. The Balaban J connectivity index is 1.66. The van der Waals surface area contributed by atoms with Crippen LogP contribution in [0.25, 0.3) is 0 Å². The largest absolute Gasteiger partial charge is 0.333 e. The smallest absolute Gasteiger partial charge is 0.0948 e. The van der Waals surface area contributed by atoms with Crippen LogP contribution in [-0.4, -0.2) is 22.1 Å². The van der Waals surface area contributed by atoms with Gasteiger partial charge >= 0.3 is 0 Å². The van der Waals surface area contributed by atoms with Crippen LogP contribution >= 0.6 is 0 Å². The maximum Gasteiger partial charge on any atom is 0.0948 e. The fourth-order valence-corrected chi connectivity index (χ4v) is 2.84. The van der Waals surface area contributed by atoms with E-state index in [2.05, 4.69) is 21.1 Å². The molecule has 2 fully saturated rings. The Morgan fingerprint density at radius 2 is 2.19 bits per heavy atom. The van der Waals surface area contributed by atoms with E-state index < -0.39 is 0 Å². The van der Waals surface area contributed by atoms with Crippen LogP contribution in [-0.2, 0) is 6.54 Å². The van der Waals surface area contributed by atoms with Crippen LogP contribution in [0, 0.1) is 0 Å². The van der Waals surface area contributed by atoms with Crippen molar-refractivity contribution in [2.24, 2.45) is 0 Å². The monoisotopic (exact) mass is 219 g/mol. The molecule has 1 N–H and O–H groups in total. The zero-order chi connectivity index (χ0) is 10.8. The predicted octanol–water partition coefficient (Wildman–Crippen LogP) is 2.29. The Hall–Kier alpha value is -0.830. The quantitative estimate of drug-likeness (QED) is 0.845. The Kier molecular flexibility index (Phi) is 2.96. The Labute approximate surface area is 97.3 Å². The summed E-state index contributed by atoms with van der Waals surface area (Å²) < 4.78 is 2.38. The molecule has 0 bridgehead atoms. The summed E-state index contributed by atoms with van der Waals surface area (Å²) in [5, 5.41) is 3.61. The zero-order valence-corrected chi connectivity index (χ0v) is 9.86. The second-order valence-corrected chi connectivity index (χ2v) is 5.25. The third-order valence-corrected chi connectivity index (χ3v) is 4.10. The van der Waals surface area contributed by atoms with Crippen molar-refractivity contribution in [3.63, 3.8) is 0 Å². The molecule has 2 heterocycles. The lowest BCUT2D eigenvalue weighted by Gasteiger charge is -2.29. The Morgan fingerprint density at radius 3 is 2.88 bits per heavy atom. The van der Waals surface area contributed by atoms with E-state index in [0.29, 0.717) is 6.04 Å². The summed E-state index contributed by atoms with van der Waals surface area (Å²) in [7, 11) is 0. The average molecular weight is 219 g/mol. The van der Waals surface area contributed by atoms with Crippen molar-refractivity contribution in [1.29, 1.82) is 0 Å². The van der Waals surface area contributed by atoms with Gasteiger partial charge < -0.3 is 9.88 Å². The van der Waals surface area contributed by atoms with E-state index in [1.807, 2.05) is 6.33 Å². The summed E-state index contributed by atoms with van der Waals surface area (Å²) in [4.78, 5) is 4.33. The molecule has 1 aromatic heterocycles. The molecule has 16 heavy (non-hydrogen) atoms. The first-order valence-corrected chi connectivity index (χ1v) is 6.67. The average Bonchev–Trinajstić information content (AvgIpc) is 2.66. The van der Waals surface area contributed by atoms with E-state index in [-0.39, 0.29) is 0 Å². The van der Waals surface area contributed by atoms with Gasteiger partial charge in [0.1, 0.15) is 0 Å². The van der Waals surface area contributed by atoms with E-state index in [1.54, 1.807) is 0 Å². The maximum absolute atomic E-state index is 4.33. The highest BCUT2D eigenvalue weighted by Gasteiger charge is 2.23. The lowest BCUT2D eigenvalue weighted by molar-refractivity contribution is 0.342. The first-order valence-electron chi connectivity index (χ1n) is 6.67. The molecular weight excluding hydrogens is 198 g/mol. The number of hydrogen-bond acceptors (Lipinski definition) is 2. The molecule has 3 nitrogen and oxygen atoms in total. The number of nitrogens with zero attached hydrogens (tertiary/aromatic N) is 2. The van der Waals surface area contributed by atoms with Gasteiger partial charge in [0.15, 0.2) is 0 Å². The minimum Gasteiger partial charge on any atom is -0.333 e. The summed E-state index contributed by atoms with van der Waals surface area (Å²) >= 11 is 0. The van der Waals surface area contributed by atoms with E-state index in [1.165, 1.54) is 50.8 Å². The Morgan fingerprint density at radius 1 is 1.25 bits per heavy atom. The first-order chi connectivity index (χ1) is 7.93.